The topological polar surface area (TPSA) is 114 Å². The molecule has 154 valence electrons. The standard InChI is InChI=1S/C23H16BrFN4O2/c1-2-18-22(13-28)20(29)31-23(18,15-6-4-3-5-7-15)30-19(21(22,11-26)12-27)14-8-9-17(25)16(24)10-14/h3-10,18-19,29H,2H2,1H3. The fourth-order valence-corrected chi connectivity index (χ4v) is 5.28. The lowest BCUT2D eigenvalue weighted by atomic mass is 9.52. The number of hydrogen-bond acceptors (Lipinski definition) is 6. The number of nitrogens with zero attached hydrogens (tertiary/aromatic N) is 3. The molecule has 2 aliphatic heterocycles. The molecule has 2 aromatic rings. The molecule has 0 amide bonds. The predicted molar refractivity (Wildman–Crippen MR) is 110 cm³/mol. The molecule has 31 heavy (non-hydrogen) atoms. The third-order valence-corrected chi connectivity index (χ3v) is 6.87. The molecule has 0 aliphatic carbocycles. The summed E-state index contributed by atoms with van der Waals surface area (Å²) in [6, 6.07) is 19.0. The third kappa shape index (κ3) is 2.45. The van der Waals surface area contributed by atoms with E-state index in [4.69, 9.17) is 14.9 Å². The zero-order valence-corrected chi connectivity index (χ0v) is 18.0. The fraction of sp³-hybridized carbons (Fsp3) is 0.304. The van der Waals surface area contributed by atoms with Crippen LogP contribution in [0.1, 0.15) is 30.6 Å². The number of rotatable bonds is 3. The maximum Gasteiger partial charge on any atom is 0.244 e. The van der Waals surface area contributed by atoms with Gasteiger partial charge in [-0.2, -0.15) is 15.8 Å². The van der Waals surface area contributed by atoms with E-state index >= 15 is 0 Å². The summed E-state index contributed by atoms with van der Waals surface area (Å²) in [6.07, 6.45) is -0.958. The van der Waals surface area contributed by atoms with Gasteiger partial charge in [-0.1, -0.05) is 43.3 Å². The van der Waals surface area contributed by atoms with Crippen molar-refractivity contribution in [3.05, 3.63) is 69.9 Å². The van der Waals surface area contributed by atoms with Crippen LogP contribution < -0.4 is 0 Å². The average Bonchev–Trinajstić information content (AvgIpc) is 3.00. The Labute approximate surface area is 187 Å². The molecule has 1 N–H and O–H groups in total. The van der Waals surface area contributed by atoms with Gasteiger partial charge in [-0.25, -0.2) is 4.39 Å². The van der Waals surface area contributed by atoms with Crippen molar-refractivity contribution in [1.82, 2.24) is 0 Å². The van der Waals surface area contributed by atoms with E-state index in [9.17, 15) is 20.2 Å². The van der Waals surface area contributed by atoms with Crippen LogP contribution in [0, 0.1) is 62.0 Å². The molecule has 2 heterocycles. The minimum atomic E-state index is -2.09. The fourth-order valence-electron chi connectivity index (χ4n) is 4.88. The molecular weight excluding hydrogens is 463 g/mol. The zero-order valence-electron chi connectivity index (χ0n) is 16.4. The van der Waals surface area contributed by atoms with Crippen molar-refractivity contribution in [3.8, 4) is 18.2 Å². The number of halogens is 2. The van der Waals surface area contributed by atoms with Crippen LogP contribution in [0.3, 0.4) is 0 Å². The summed E-state index contributed by atoms with van der Waals surface area (Å²) in [5.74, 6) is -3.34. The van der Waals surface area contributed by atoms with Crippen LogP contribution in [-0.4, -0.2) is 5.90 Å². The molecule has 2 aliphatic rings. The van der Waals surface area contributed by atoms with E-state index in [0.717, 1.165) is 0 Å². The first-order valence-corrected chi connectivity index (χ1v) is 10.4. The van der Waals surface area contributed by atoms with E-state index in [1.54, 1.807) is 31.2 Å². The average molecular weight is 479 g/mol. The zero-order chi connectivity index (χ0) is 22.4. The molecule has 8 heteroatoms. The number of hydrogen-bond donors (Lipinski definition) is 1. The van der Waals surface area contributed by atoms with Gasteiger partial charge in [0.1, 0.15) is 11.9 Å². The van der Waals surface area contributed by atoms with Gasteiger partial charge in [0.25, 0.3) is 0 Å². The van der Waals surface area contributed by atoms with Gasteiger partial charge in [-0.15, -0.1) is 0 Å². The van der Waals surface area contributed by atoms with Crippen LogP contribution in [-0.2, 0) is 15.3 Å². The van der Waals surface area contributed by atoms with Crippen molar-refractivity contribution >= 4 is 21.8 Å². The van der Waals surface area contributed by atoms with Crippen molar-refractivity contribution in [1.29, 1.82) is 21.2 Å². The third-order valence-electron chi connectivity index (χ3n) is 6.26. The number of ether oxygens (including phenoxy) is 2. The molecule has 2 aromatic carbocycles. The lowest BCUT2D eigenvalue weighted by Gasteiger charge is -2.49. The van der Waals surface area contributed by atoms with E-state index < -0.39 is 40.4 Å². The minimum absolute atomic E-state index is 0.124. The van der Waals surface area contributed by atoms with Crippen LogP contribution in [0.2, 0.25) is 0 Å². The summed E-state index contributed by atoms with van der Waals surface area (Å²) in [7, 11) is 0. The summed E-state index contributed by atoms with van der Waals surface area (Å²) in [5.41, 5.74) is -3.08. The van der Waals surface area contributed by atoms with Crippen LogP contribution in [0.5, 0.6) is 0 Å². The molecule has 0 saturated carbocycles. The molecule has 6 nitrogen and oxygen atoms in total. The predicted octanol–water partition coefficient (Wildman–Crippen LogP) is 5.09. The Balaban J connectivity index is 2.07. The molecule has 4 unspecified atom stereocenters. The number of fused-ring (bicyclic) bond motifs is 2. The highest BCUT2D eigenvalue weighted by Crippen LogP contribution is 2.69. The van der Waals surface area contributed by atoms with Crippen LogP contribution in [0.25, 0.3) is 0 Å². The van der Waals surface area contributed by atoms with Crippen molar-refractivity contribution in [2.45, 2.75) is 25.2 Å². The molecule has 4 atom stereocenters. The molecule has 4 rings (SSSR count). The first-order valence-electron chi connectivity index (χ1n) is 9.57. The van der Waals surface area contributed by atoms with Crippen molar-refractivity contribution in [2.75, 3.05) is 0 Å². The largest absolute Gasteiger partial charge is 0.443 e. The molecule has 2 fully saturated rings. The van der Waals surface area contributed by atoms with Crippen LogP contribution in [0.4, 0.5) is 4.39 Å². The summed E-state index contributed by atoms with van der Waals surface area (Å²) >= 11 is 3.13. The second-order valence-electron chi connectivity index (χ2n) is 7.55. The highest BCUT2D eigenvalue weighted by Gasteiger charge is 2.80. The minimum Gasteiger partial charge on any atom is -0.443 e. The number of nitriles is 3. The second-order valence-corrected chi connectivity index (χ2v) is 8.40. The van der Waals surface area contributed by atoms with Crippen LogP contribution >= 0.6 is 15.9 Å². The second kappa shape index (κ2) is 7.17. The summed E-state index contributed by atoms with van der Waals surface area (Å²) in [4.78, 5) is 0. The van der Waals surface area contributed by atoms with E-state index in [2.05, 4.69) is 22.0 Å². The van der Waals surface area contributed by atoms with E-state index in [-0.39, 0.29) is 4.47 Å². The van der Waals surface area contributed by atoms with Crippen molar-refractivity contribution in [2.24, 2.45) is 16.7 Å². The van der Waals surface area contributed by atoms with Gasteiger partial charge in [-0.05, 0) is 40.0 Å². The Bertz CT molecular complexity index is 1180. The first kappa shape index (κ1) is 21.0. The van der Waals surface area contributed by atoms with Gasteiger partial charge in [0.05, 0.1) is 28.6 Å². The molecule has 0 aromatic heterocycles. The summed E-state index contributed by atoms with van der Waals surface area (Å²) in [5, 5.41) is 39.5. The first-order chi connectivity index (χ1) is 14.9. The van der Waals surface area contributed by atoms with Gasteiger partial charge >= 0.3 is 0 Å². The molecule has 2 bridgehead atoms. The quantitative estimate of drug-likeness (QED) is 0.659. The highest BCUT2D eigenvalue weighted by atomic mass is 79.9. The summed E-state index contributed by atoms with van der Waals surface area (Å²) < 4.78 is 26.4. The highest BCUT2D eigenvalue weighted by molar-refractivity contribution is 9.10. The van der Waals surface area contributed by atoms with E-state index in [1.807, 2.05) is 18.2 Å². The van der Waals surface area contributed by atoms with E-state index in [0.29, 0.717) is 17.5 Å². The molecule has 0 spiro atoms. The monoisotopic (exact) mass is 478 g/mol. The maximum atomic E-state index is 13.9. The van der Waals surface area contributed by atoms with Gasteiger partial charge in [-0.3, -0.25) is 5.41 Å². The lowest BCUT2D eigenvalue weighted by Crippen LogP contribution is -2.58. The van der Waals surface area contributed by atoms with Gasteiger partial charge in [0.2, 0.25) is 17.1 Å². The Kier molecular flexibility index (Phi) is 4.85. The van der Waals surface area contributed by atoms with Gasteiger partial charge in [0, 0.05) is 5.56 Å². The molecular formula is C23H16BrFN4O2. The Morgan fingerprint density at radius 3 is 2.32 bits per heavy atom. The number of nitrogens with one attached hydrogen (secondary N) is 1. The Hall–Kier alpha value is -3.25. The molecule has 0 radical (unpaired) electrons. The van der Waals surface area contributed by atoms with Crippen LogP contribution in [0.15, 0.2) is 53.0 Å². The van der Waals surface area contributed by atoms with E-state index in [1.165, 1.54) is 18.2 Å². The Morgan fingerprint density at radius 1 is 1.10 bits per heavy atom. The lowest BCUT2D eigenvalue weighted by molar-refractivity contribution is -0.292. The Morgan fingerprint density at radius 2 is 1.77 bits per heavy atom. The van der Waals surface area contributed by atoms with Crippen molar-refractivity contribution in [3.63, 3.8) is 0 Å². The summed E-state index contributed by atoms with van der Waals surface area (Å²) in [6.45, 7) is 1.80. The molecule has 2 saturated heterocycles. The number of benzene rings is 2. The normalized spacial score (nSPS) is 30.5. The van der Waals surface area contributed by atoms with Crippen molar-refractivity contribution < 1.29 is 13.9 Å². The SMILES string of the molecule is CCC1C2(c3ccccc3)OC(=N)C1(C#N)C(C#N)(C#N)C(c1ccc(F)c(Br)c1)O2. The maximum absolute atomic E-state index is 13.9. The smallest absolute Gasteiger partial charge is 0.244 e. The van der Waals surface area contributed by atoms with Gasteiger partial charge in [0.15, 0.2) is 5.41 Å². The van der Waals surface area contributed by atoms with Gasteiger partial charge < -0.3 is 9.47 Å².